The van der Waals surface area contributed by atoms with Gasteiger partial charge in [0.15, 0.2) is 0 Å². The molecule has 1 saturated carbocycles. The molecule has 10 heavy (non-hydrogen) atoms. The van der Waals surface area contributed by atoms with Crippen LogP contribution in [0.25, 0.3) is 0 Å². The van der Waals surface area contributed by atoms with Crippen LogP contribution < -0.4 is 0 Å². The second-order valence-electron chi connectivity index (χ2n) is 4.32. The van der Waals surface area contributed by atoms with E-state index in [4.69, 9.17) is 0 Å². The van der Waals surface area contributed by atoms with Crippen LogP contribution in [0.15, 0.2) is 0 Å². The Bertz CT molecular complexity index is 118. The number of rotatable bonds is 0. The Balaban J connectivity index is 2.52. The van der Waals surface area contributed by atoms with Crippen molar-refractivity contribution < 1.29 is 5.11 Å². The smallest absolute Gasteiger partial charge is 0.0543 e. The zero-order valence-corrected chi connectivity index (χ0v) is 7.22. The molecule has 1 aliphatic carbocycles. The molecule has 0 heterocycles. The van der Waals surface area contributed by atoms with Crippen molar-refractivity contribution in [1.82, 2.24) is 0 Å². The van der Waals surface area contributed by atoms with Crippen molar-refractivity contribution in [3.63, 3.8) is 0 Å². The van der Waals surface area contributed by atoms with Gasteiger partial charge in [-0.1, -0.05) is 20.8 Å². The van der Waals surface area contributed by atoms with Crippen molar-refractivity contribution in [3.05, 3.63) is 0 Å². The van der Waals surface area contributed by atoms with E-state index in [1.807, 2.05) is 0 Å². The first-order valence-corrected chi connectivity index (χ1v) is 4.20. The molecule has 1 rings (SSSR count). The molecular formula is C9H18O. The lowest BCUT2D eigenvalue weighted by atomic mass is 9.69. The largest absolute Gasteiger partial charge is 0.393 e. The van der Waals surface area contributed by atoms with Crippen LogP contribution in [-0.2, 0) is 0 Å². The summed E-state index contributed by atoms with van der Waals surface area (Å²) in [5.74, 6) is 0.677. The van der Waals surface area contributed by atoms with Gasteiger partial charge in [0.1, 0.15) is 0 Å². The Hall–Kier alpha value is -0.0400. The summed E-state index contributed by atoms with van der Waals surface area (Å²) in [4.78, 5) is 0. The SMILES string of the molecule is C[C@@H]1C[C@H](O)CCC1(C)C. The molecule has 1 N–H and O–H groups in total. The second-order valence-corrected chi connectivity index (χ2v) is 4.32. The average Bonchev–Trinajstić information content (AvgIpc) is 1.81. The van der Waals surface area contributed by atoms with Crippen LogP contribution in [-0.4, -0.2) is 11.2 Å². The van der Waals surface area contributed by atoms with E-state index in [0.717, 1.165) is 12.8 Å². The first kappa shape index (κ1) is 8.06. The lowest BCUT2D eigenvalue weighted by molar-refractivity contribution is 0.0367. The molecule has 0 spiro atoms. The number of hydrogen-bond donors (Lipinski definition) is 1. The number of hydrogen-bond acceptors (Lipinski definition) is 1. The molecule has 0 bridgehead atoms. The molecule has 0 aromatic rings. The van der Waals surface area contributed by atoms with E-state index >= 15 is 0 Å². The van der Waals surface area contributed by atoms with E-state index < -0.39 is 0 Å². The van der Waals surface area contributed by atoms with Crippen LogP contribution >= 0.6 is 0 Å². The maximum atomic E-state index is 9.31. The minimum atomic E-state index is -0.0250. The summed E-state index contributed by atoms with van der Waals surface area (Å²) in [5, 5.41) is 9.31. The molecule has 2 atom stereocenters. The van der Waals surface area contributed by atoms with Crippen molar-refractivity contribution in [3.8, 4) is 0 Å². The monoisotopic (exact) mass is 142 g/mol. The fourth-order valence-electron chi connectivity index (χ4n) is 1.63. The summed E-state index contributed by atoms with van der Waals surface area (Å²) in [6.45, 7) is 6.83. The molecule has 0 saturated heterocycles. The highest BCUT2D eigenvalue weighted by Crippen LogP contribution is 2.39. The molecule has 0 aromatic carbocycles. The zero-order chi connectivity index (χ0) is 7.78. The van der Waals surface area contributed by atoms with Crippen molar-refractivity contribution in [2.24, 2.45) is 11.3 Å². The van der Waals surface area contributed by atoms with Gasteiger partial charge in [-0.15, -0.1) is 0 Å². The third-order valence-electron chi connectivity index (χ3n) is 3.08. The van der Waals surface area contributed by atoms with Crippen LogP contribution in [0.1, 0.15) is 40.0 Å². The Labute approximate surface area is 63.4 Å². The Morgan fingerprint density at radius 1 is 1.40 bits per heavy atom. The number of aliphatic hydroxyl groups excluding tert-OH is 1. The van der Waals surface area contributed by atoms with Crippen molar-refractivity contribution in [2.75, 3.05) is 0 Å². The maximum absolute atomic E-state index is 9.31. The molecule has 1 nitrogen and oxygen atoms in total. The van der Waals surface area contributed by atoms with Gasteiger partial charge >= 0.3 is 0 Å². The molecule has 1 fully saturated rings. The minimum absolute atomic E-state index is 0.0250. The van der Waals surface area contributed by atoms with Crippen LogP contribution in [0.3, 0.4) is 0 Å². The van der Waals surface area contributed by atoms with Crippen LogP contribution in [0, 0.1) is 11.3 Å². The Kier molecular flexibility index (Phi) is 2.04. The Morgan fingerprint density at radius 3 is 2.40 bits per heavy atom. The number of aliphatic hydroxyl groups is 1. The van der Waals surface area contributed by atoms with Crippen LogP contribution in [0.4, 0.5) is 0 Å². The van der Waals surface area contributed by atoms with E-state index in [1.165, 1.54) is 6.42 Å². The molecule has 0 aliphatic heterocycles. The summed E-state index contributed by atoms with van der Waals surface area (Å²) < 4.78 is 0. The van der Waals surface area contributed by atoms with E-state index in [2.05, 4.69) is 20.8 Å². The average molecular weight is 142 g/mol. The summed E-state index contributed by atoms with van der Waals surface area (Å²) in [6, 6.07) is 0. The summed E-state index contributed by atoms with van der Waals surface area (Å²) in [7, 11) is 0. The highest BCUT2D eigenvalue weighted by atomic mass is 16.3. The predicted octanol–water partition coefficient (Wildman–Crippen LogP) is 2.19. The summed E-state index contributed by atoms with van der Waals surface area (Å²) in [5.41, 5.74) is 0.458. The highest BCUT2D eigenvalue weighted by Gasteiger charge is 2.32. The van der Waals surface area contributed by atoms with Crippen molar-refractivity contribution in [2.45, 2.75) is 46.1 Å². The van der Waals surface area contributed by atoms with Gasteiger partial charge in [0, 0.05) is 0 Å². The summed E-state index contributed by atoms with van der Waals surface area (Å²) >= 11 is 0. The third kappa shape index (κ3) is 1.51. The van der Waals surface area contributed by atoms with Gasteiger partial charge < -0.3 is 5.11 Å². The molecule has 1 aliphatic rings. The van der Waals surface area contributed by atoms with Gasteiger partial charge in [-0.05, 0) is 30.6 Å². The first-order valence-electron chi connectivity index (χ1n) is 4.20. The van der Waals surface area contributed by atoms with Gasteiger partial charge in [0.25, 0.3) is 0 Å². The van der Waals surface area contributed by atoms with E-state index in [-0.39, 0.29) is 6.10 Å². The zero-order valence-electron chi connectivity index (χ0n) is 7.22. The van der Waals surface area contributed by atoms with Crippen molar-refractivity contribution in [1.29, 1.82) is 0 Å². The van der Waals surface area contributed by atoms with Gasteiger partial charge in [0.2, 0.25) is 0 Å². The fraction of sp³-hybridized carbons (Fsp3) is 1.00. The predicted molar refractivity (Wildman–Crippen MR) is 42.8 cm³/mol. The molecule has 0 aromatic heterocycles. The van der Waals surface area contributed by atoms with Gasteiger partial charge in [-0.3, -0.25) is 0 Å². The summed E-state index contributed by atoms with van der Waals surface area (Å²) in [6.07, 6.45) is 3.14. The van der Waals surface area contributed by atoms with Gasteiger partial charge in [-0.2, -0.15) is 0 Å². The van der Waals surface area contributed by atoms with Crippen LogP contribution in [0.2, 0.25) is 0 Å². The van der Waals surface area contributed by atoms with E-state index in [9.17, 15) is 5.11 Å². The molecule has 0 unspecified atom stereocenters. The quantitative estimate of drug-likeness (QED) is 0.549. The minimum Gasteiger partial charge on any atom is -0.393 e. The van der Waals surface area contributed by atoms with Crippen molar-refractivity contribution >= 4 is 0 Å². The standard InChI is InChI=1S/C9H18O/c1-7-6-8(10)4-5-9(7,2)3/h7-8,10H,4-6H2,1-3H3/t7-,8-/m1/s1. The normalized spacial score (nSPS) is 39.6. The third-order valence-corrected chi connectivity index (χ3v) is 3.08. The molecule has 1 heteroatoms. The second kappa shape index (κ2) is 2.54. The molecule has 60 valence electrons. The van der Waals surface area contributed by atoms with Gasteiger partial charge in [-0.25, -0.2) is 0 Å². The van der Waals surface area contributed by atoms with Crippen LogP contribution in [0.5, 0.6) is 0 Å². The Morgan fingerprint density at radius 2 is 2.00 bits per heavy atom. The van der Waals surface area contributed by atoms with E-state index in [1.54, 1.807) is 0 Å². The molecular weight excluding hydrogens is 124 g/mol. The lowest BCUT2D eigenvalue weighted by Crippen LogP contribution is -2.32. The fourth-order valence-corrected chi connectivity index (χ4v) is 1.63. The molecule has 0 amide bonds. The topological polar surface area (TPSA) is 20.2 Å². The first-order chi connectivity index (χ1) is 4.52. The maximum Gasteiger partial charge on any atom is 0.0543 e. The van der Waals surface area contributed by atoms with Gasteiger partial charge in [0.05, 0.1) is 6.10 Å². The van der Waals surface area contributed by atoms with E-state index in [0.29, 0.717) is 11.3 Å². The molecule has 0 radical (unpaired) electrons. The lowest BCUT2D eigenvalue weighted by Gasteiger charge is -2.38. The highest BCUT2D eigenvalue weighted by molar-refractivity contribution is 4.83.